The summed E-state index contributed by atoms with van der Waals surface area (Å²) < 4.78 is 2.23. The highest BCUT2D eigenvalue weighted by molar-refractivity contribution is 5.72. The van der Waals surface area contributed by atoms with Crippen LogP contribution < -0.4 is 5.73 Å². The normalized spacial score (nSPS) is 11.2. The van der Waals surface area contributed by atoms with Gasteiger partial charge in [0.2, 0.25) is 0 Å². The molecule has 0 saturated heterocycles. The van der Waals surface area contributed by atoms with E-state index in [2.05, 4.69) is 53.7 Å². The van der Waals surface area contributed by atoms with Gasteiger partial charge in [0.15, 0.2) is 5.65 Å². The van der Waals surface area contributed by atoms with E-state index in [9.17, 15) is 0 Å². The summed E-state index contributed by atoms with van der Waals surface area (Å²) in [6, 6.07) is 10.6. The van der Waals surface area contributed by atoms with E-state index in [0.717, 1.165) is 47.5 Å². The van der Waals surface area contributed by atoms with E-state index in [4.69, 9.17) is 10.7 Å². The number of hydrogen-bond acceptors (Lipinski definition) is 3. The maximum absolute atomic E-state index is 5.66. The number of nitrogens with zero attached hydrogens (tertiary/aromatic N) is 3. The van der Waals surface area contributed by atoms with Gasteiger partial charge in [-0.3, -0.25) is 0 Å². The van der Waals surface area contributed by atoms with Crippen LogP contribution in [-0.4, -0.2) is 14.5 Å². The Labute approximate surface area is 131 Å². The molecular weight excluding hydrogens is 272 g/mol. The van der Waals surface area contributed by atoms with Crippen LogP contribution >= 0.6 is 0 Å². The lowest BCUT2D eigenvalue weighted by molar-refractivity contribution is 0.716. The predicted molar refractivity (Wildman–Crippen MR) is 89.7 cm³/mol. The quantitative estimate of drug-likeness (QED) is 0.786. The third kappa shape index (κ3) is 2.88. The fourth-order valence-corrected chi connectivity index (χ4v) is 2.70. The second kappa shape index (κ2) is 6.28. The Morgan fingerprint density at radius 1 is 1.14 bits per heavy atom. The zero-order chi connectivity index (χ0) is 15.5. The van der Waals surface area contributed by atoms with Crippen molar-refractivity contribution in [2.45, 2.75) is 39.8 Å². The summed E-state index contributed by atoms with van der Waals surface area (Å²) in [5.74, 6) is 1.11. The van der Waals surface area contributed by atoms with Gasteiger partial charge in [0, 0.05) is 19.2 Å². The van der Waals surface area contributed by atoms with E-state index in [1.54, 1.807) is 0 Å². The van der Waals surface area contributed by atoms with E-state index >= 15 is 0 Å². The lowest BCUT2D eigenvalue weighted by Crippen LogP contribution is -2.06. The van der Waals surface area contributed by atoms with Crippen LogP contribution in [0, 0.1) is 6.92 Å². The molecule has 2 aromatic heterocycles. The van der Waals surface area contributed by atoms with Crippen molar-refractivity contribution < 1.29 is 0 Å². The van der Waals surface area contributed by atoms with E-state index in [-0.39, 0.29) is 0 Å². The number of hydrogen-bond donors (Lipinski definition) is 1. The molecule has 3 aromatic rings. The highest BCUT2D eigenvalue weighted by atomic mass is 15.1. The largest absolute Gasteiger partial charge is 0.326 e. The van der Waals surface area contributed by atoms with Crippen LogP contribution in [0.25, 0.3) is 11.2 Å². The first kappa shape index (κ1) is 14.7. The van der Waals surface area contributed by atoms with E-state index in [0.29, 0.717) is 6.54 Å². The van der Waals surface area contributed by atoms with Gasteiger partial charge in [-0.15, -0.1) is 0 Å². The van der Waals surface area contributed by atoms with Gasteiger partial charge in [0.1, 0.15) is 11.3 Å². The zero-order valence-electron chi connectivity index (χ0n) is 13.2. The molecule has 0 aliphatic rings. The van der Waals surface area contributed by atoms with Gasteiger partial charge in [-0.05, 0) is 36.1 Å². The molecule has 0 aliphatic heterocycles. The molecule has 2 heterocycles. The highest BCUT2D eigenvalue weighted by Gasteiger charge is 2.12. The highest BCUT2D eigenvalue weighted by Crippen LogP contribution is 2.18. The molecule has 22 heavy (non-hydrogen) atoms. The minimum Gasteiger partial charge on any atom is -0.326 e. The number of nitrogens with two attached hydrogens (primary N) is 1. The summed E-state index contributed by atoms with van der Waals surface area (Å²) in [5, 5.41) is 0. The summed E-state index contributed by atoms with van der Waals surface area (Å²) in [7, 11) is 0. The molecule has 0 radical (unpaired) electrons. The molecule has 4 heteroatoms. The van der Waals surface area contributed by atoms with Crippen LogP contribution in [0.2, 0.25) is 0 Å². The van der Waals surface area contributed by atoms with Crippen molar-refractivity contribution >= 4 is 11.2 Å². The van der Waals surface area contributed by atoms with Crippen molar-refractivity contribution in [3.63, 3.8) is 0 Å². The van der Waals surface area contributed by atoms with Crippen LogP contribution in [0.1, 0.15) is 35.9 Å². The van der Waals surface area contributed by atoms with E-state index < -0.39 is 0 Å². The molecule has 0 saturated carbocycles. The van der Waals surface area contributed by atoms with Gasteiger partial charge < -0.3 is 10.3 Å². The fourth-order valence-electron chi connectivity index (χ4n) is 2.70. The Hall–Kier alpha value is -2.20. The molecule has 1 aromatic carbocycles. The molecule has 0 unspecified atom stereocenters. The zero-order valence-corrected chi connectivity index (χ0v) is 13.2. The van der Waals surface area contributed by atoms with E-state index in [1.165, 1.54) is 5.56 Å². The molecular formula is C18H22N4. The molecule has 2 N–H and O–H groups in total. The van der Waals surface area contributed by atoms with Gasteiger partial charge in [-0.2, -0.15) is 0 Å². The second-order valence-corrected chi connectivity index (χ2v) is 5.74. The molecule has 3 rings (SSSR count). The van der Waals surface area contributed by atoms with Crippen LogP contribution in [-0.2, 0) is 19.5 Å². The third-order valence-electron chi connectivity index (χ3n) is 3.87. The van der Waals surface area contributed by atoms with Crippen molar-refractivity contribution in [1.29, 1.82) is 0 Å². The SMILES string of the molecule is CCCc1nc2cc(C)cnc2n1Cc1ccc(CN)cc1. The number of fused-ring (bicyclic) bond motifs is 1. The second-order valence-electron chi connectivity index (χ2n) is 5.74. The van der Waals surface area contributed by atoms with Crippen LogP contribution in [0.4, 0.5) is 0 Å². The van der Waals surface area contributed by atoms with Crippen molar-refractivity contribution in [2.75, 3.05) is 0 Å². The number of aromatic nitrogens is 3. The smallest absolute Gasteiger partial charge is 0.160 e. The first-order valence-electron chi connectivity index (χ1n) is 7.81. The molecule has 114 valence electrons. The molecule has 0 amide bonds. The van der Waals surface area contributed by atoms with Gasteiger partial charge >= 0.3 is 0 Å². The number of pyridine rings is 1. The summed E-state index contributed by atoms with van der Waals surface area (Å²) in [5.41, 5.74) is 11.2. The van der Waals surface area contributed by atoms with E-state index in [1.807, 2.05) is 6.20 Å². The van der Waals surface area contributed by atoms with Crippen molar-refractivity contribution in [1.82, 2.24) is 14.5 Å². The van der Waals surface area contributed by atoms with Gasteiger partial charge in [0.05, 0.1) is 6.54 Å². The molecule has 4 nitrogen and oxygen atoms in total. The number of imidazole rings is 1. The van der Waals surface area contributed by atoms with Crippen LogP contribution in [0.15, 0.2) is 36.5 Å². The number of benzene rings is 1. The first-order valence-corrected chi connectivity index (χ1v) is 7.81. The topological polar surface area (TPSA) is 56.7 Å². The predicted octanol–water partition coefficient (Wildman–Crippen LogP) is 3.20. The summed E-state index contributed by atoms with van der Waals surface area (Å²) >= 11 is 0. The molecule has 0 aliphatic carbocycles. The Morgan fingerprint density at radius 3 is 2.55 bits per heavy atom. The molecule has 0 fully saturated rings. The average Bonchev–Trinajstić information content (AvgIpc) is 2.85. The average molecular weight is 294 g/mol. The summed E-state index contributed by atoms with van der Waals surface area (Å²) in [6.45, 7) is 5.61. The molecule has 0 bridgehead atoms. The Kier molecular flexibility index (Phi) is 4.20. The Balaban J connectivity index is 2.01. The maximum atomic E-state index is 5.66. The Bertz CT molecular complexity index is 772. The van der Waals surface area contributed by atoms with Crippen LogP contribution in [0.3, 0.4) is 0 Å². The molecule has 0 spiro atoms. The first-order chi connectivity index (χ1) is 10.7. The molecule has 0 atom stereocenters. The number of aryl methyl sites for hydroxylation is 2. The minimum atomic E-state index is 0.580. The van der Waals surface area contributed by atoms with Gasteiger partial charge in [0.25, 0.3) is 0 Å². The monoisotopic (exact) mass is 294 g/mol. The third-order valence-corrected chi connectivity index (χ3v) is 3.87. The Morgan fingerprint density at radius 2 is 1.86 bits per heavy atom. The lowest BCUT2D eigenvalue weighted by Gasteiger charge is -2.09. The summed E-state index contributed by atoms with van der Waals surface area (Å²) in [4.78, 5) is 9.37. The van der Waals surface area contributed by atoms with Crippen LogP contribution in [0.5, 0.6) is 0 Å². The van der Waals surface area contributed by atoms with Crippen molar-refractivity contribution in [3.05, 3.63) is 59.0 Å². The maximum Gasteiger partial charge on any atom is 0.160 e. The van der Waals surface area contributed by atoms with Crippen molar-refractivity contribution in [3.8, 4) is 0 Å². The number of rotatable bonds is 5. The van der Waals surface area contributed by atoms with Gasteiger partial charge in [-0.1, -0.05) is 31.2 Å². The minimum absolute atomic E-state index is 0.580. The summed E-state index contributed by atoms with van der Waals surface area (Å²) in [6.07, 6.45) is 3.96. The van der Waals surface area contributed by atoms with Crippen molar-refractivity contribution in [2.24, 2.45) is 5.73 Å². The lowest BCUT2D eigenvalue weighted by atomic mass is 10.1. The fraction of sp³-hybridized carbons (Fsp3) is 0.333. The standard InChI is InChI=1S/C18H22N4/c1-3-4-17-21-16-9-13(2)11-20-18(16)22(17)12-15-7-5-14(10-19)6-8-15/h5-9,11H,3-4,10,12,19H2,1-2H3. The van der Waals surface area contributed by atoms with Gasteiger partial charge in [-0.25, -0.2) is 9.97 Å².